The summed E-state index contributed by atoms with van der Waals surface area (Å²) in [4.78, 5) is 15.8. The van der Waals surface area contributed by atoms with E-state index < -0.39 is 0 Å². The van der Waals surface area contributed by atoms with E-state index in [-0.39, 0.29) is 12.0 Å². The molecule has 2 aromatic rings. The zero-order valence-electron chi connectivity index (χ0n) is 15.8. The molecule has 0 saturated heterocycles. The van der Waals surface area contributed by atoms with Gasteiger partial charge in [0.25, 0.3) is 0 Å². The van der Waals surface area contributed by atoms with Crippen LogP contribution in [0.5, 0.6) is 5.75 Å². The van der Waals surface area contributed by atoms with Gasteiger partial charge in [-0.2, -0.15) is 0 Å². The Morgan fingerprint density at radius 1 is 1.19 bits per heavy atom. The molecule has 27 heavy (non-hydrogen) atoms. The topological polar surface area (TPSA) is 74.8 Å². The summed E-state index contributed by atoms with van der Waals surface area (Å²) in [5.41, 5.74) is 3.06. The van der Waals surface area contributed by atoms with Crippen molar-refractivity contribution in [2.45, 2.75) is 32.9 Å². The maximum atomic E-state index is 11.2. The first-order valence-electron chi connectivity index (χ1n) is 9.27. The quantitative estimate of drug-likeness (QED) is 0.543. The van der Waals surface area contributed by atoms with Gasteiger partial charge in [0.1, 0.15) is 11.9 Å². The largest absolute Gasteiger partial charge is 0.488 e. The number of para-hydroxylation sites is 1. The zero-order valence-corrected chi connectivity index (χ0v) is 15.8. The zero-order chi connectivity index (χ0) is 19.1. The van der Waals surface area contributed by atoms with Crippen LogP contribution >= 0.6 is 0 Å². The van der Waals surface area contributed by atoms with Crippen molar-refractivity contribution in [1.82, 2.24) is 10.6 Å². The van der Waals surface area contributed by atoms with Gasteiger partial charge in [0, 0.05) is 25.6 Å². The Morgan fingerprint density at radius 2 is 2.04 bits per heavy atom. The fraction of sp³-hybridized carbons (Fsp3) is 0.333. The fourth-order valence-corrected chi connectivity index (χ4v) is 3.04. The molecule has 142 valence electrons. The van der Waals surface area contributed by atoms with Crippen molar-refractivity contribution in [3.05, 3.63) is 59.7 Å². The van der Waals surface area contributed by atoms with Crippen LogP contribution in [0.3, 0.4) is 0 Å². The molecule has 1 aliphatic rings. The molecule has 0 aromatic heterocycles. The number of nitrogens with zero attached hydrogens (tertiary/aromatic N) is 1. The van der Waals surface area contributed by atoms with Crippen LogP contribution in [0.4, 0.5) is 5.69 Å². The van der Waals surface area contributed by atoms with E-state index in [9.17, 15) is 4.79 Å². The summed E-state index contributed by atoms with van der Waals surface area (Å²) in [5.74, 6) is 1.64. The monoisotopic (exact) mass is 366 g/mol. The first-order valence-corrected chi connectivity index (χ1v) is 9.27. The van der Waals surface area contributed by atoms with Crippen molar-refractivity contribution in [1.29, 1.82) is 0 Å². The van der Waals surface area contributed by atoms with E-state index in [4.69, 9.17) is 4.74 Å². The average Bonchev–Trinajstić information content (AvgIpc) is 3.07. The predicted octanol–water partition coefficient (Wildman–Crippen LogP) is 2.70. The van der Waals surface area contributed by atoms with Crippen LogP contribution in [0.2, 0.25) is 0 Å². The maximum Gasteiger partial charge on any atom is 0.221 e. The molecule has 0 saturated carbocycles. The second kappa shape index (κ2) is 9.07. The number of guanidine groups is 1. The van der Waals surface area contributed by atoms with Gasteiger partial charge in [-0.1, -0.05) is 30.3 Å². The molecular formula is C21H26N4O2. The van der Waals surface area contributed by atoms with Crippen molar-refractivity contribution in [3.8, 4) is 5.75 Å². The van der Waals surface area contributed by atoms with Gasteiger partial charge in [0.05, 0.1) is 13.1 Å². The molecule has 1 amide bonds. The number of fused-ring (bicyclic) bond motifs is 1. The van der Waals surface area contributed by atoms with Gasteiger partial charge >= 0.3 is 0 Å². The van der Waals surface area contributed by atoms with Crippen molar-refractivity contribution < 1.29 is 9.53 Å². The number of carbonyl (C=O) groups is 1. The highest BCUT2D eigenvalue weighted by molar-refractivity contribution is 5.88. The molecule has 6 heteroatoms. The van der Waals surface area contributed by atoms with Gasteiger partial charge < -0.3 is 20.7 Å². The molecule has 0 bridgehead atoms. The summed E-state index contributed by atoms with van der Waals surface area (Å²) in [5, 5.41) is 9.41. The molecule has 1 atom stereocenters. The normalized spacial score (nSPS) is 15.6. The minimum atomic E-state index is -0.0804. The Kier molecular flexibility index (Phi) is 6.30. The molecule has 1 aliphatic heterocycles. The molecule has 3 N–H and O–H groups in total. The van der Waals surface area contributed by atoms with E-state index in [1.165, 1.54) is 12.5 Å². The Labute approximate surface area is 160 Å². The first kappa shape index (κ1) is 18.8. The fourth-order valence-electron chi connectivity index (χ4n) is 3.04. The second-order valence-electron chi connectivity index (χ2n) is 6.51. The van der Waals surface area contributed by atoms with Crippen LogP contribution < -0.4 is 20.7 Å². The van der Waals surface area contributed by atoms with Crippen LogP contribution in [-0.4, -0.2) is 31.1 Å². The summed E-state index contributed by atoms with van der Waals surface area (Å²) in [7, 11) is 0. The Morgan fingerprint density at radius 3 is 2.81 bits per heavy atom. The van der Waals surface area contributed by atoms with E-state index in [0.29, 0.717) is 13.1 Å². The lowest BCUT2D eigenvalue weighted by atomic mass is 10.1. The number of aliphatic imine (C=N–C) groups is 1. The molecular weight excluding hydrogens is 340 g/mol. The summed E-state index contributed by atoms with van der Waals surface area (Å²) >= 11 is 0. The number of hydrogen-bond donors (Lipinski definition) is 3. The van der Waals surface area contributed by atoms with Crippen molar-refractivity contribution in [2.24, 2.45) is 4.99 Å². The van der Waals surface area contributed by atoms with Crippen LogP contribution in [0.25, 0.3) is 0 Å². The van der Waals surface area contributed by atoms with Gasteiger partial charge in [-0.05, 0) is 36.2 Å². The highest BCUT2D eigenvalue weighted by Crippen LogP contribution is 2.27. The van der Waals surface area contributed by atoms with Crippen molar-refractivity contribution >= 4 is 17.6 Å². The highest BCUT2D eigenvalue weighted by atomic mass is 16.5. The van der Waals surface area contributed by atoms with E-state index >= 15 is 0 Å². The number of ether oxygens (including phenoxy) is 1. The summed E-state index contributed by atoms with van der Waals surface area (Å²) in [6, 6.07) is 15.9. The third-order valence-electron chi connectivity index (χ3n) is 4.22. The standard InChI is InChI=1S/C21H26N4O2/c1-3-22-21(23-13-16-7-6-9-18(11-16)25-15(2)26)24-14-19-12-17-8-4-5-10-20(17)27-19/h4-11,19H,3,12-14H2,1-2H3,(H,25,26)(H2,22,23,24). The number of anilines is 1. The third kappa shape index (κ3) is 5.48. The summed E-state index contributed by atoms with van der Waals surface area (Å²) in [6.45, 7) is 5.53. The smallest absolute Gasteiger partial charge is 0.221 e. The second-order valence-corrected chi connectivity index (χ2v) is 6.51. The van der Waals surface area contributed by atoms with Crippen LogP contribution in [0.15, 0.2) is 53.5 Å². The van der Waals surface area contributed by atoms with Crippen molar-refractivity contribution in [3.63, 3.8) is 0 Å². The molecule has 0 fully saturated rings. The Hall–Kier alpha value is -3.02. The van der Waals surface area contributed by atoms with Crippen LogP contribution in [-0.2, 0) is 17.8 Å². The lowest BCUT2D eigenvalue weighted by molar-refractivity contribution is -0.114. The number of amides is 1. The number of benzene rings is 2. The molecule has 0 spiro atoms. The first-order chi connectivity index (χ1) is 13.1. The summed E-state index contributed by atoms with van der Waals surface area (Å²) < 4.78 is 5.97. The molecule has 2 aromatic carbocycles. The lowest BCUT2D eigenvalue weighted by Crippen LogP contribution is -2.42. The number of carbonyl (C=O) groups excluding carboxylic acids is 1. The number of nitrogens with one attached hydrogen (secondary N) is 3. The van der Waals surface area contributed by atoms with E-state index in [1.54, 1.807) is 0 Å². The molecule has 0 radical (unpaired) electrons. The molecule has 1 unspecified atom stereocenters. The SMILES string of the molecule is CCNC(=NCc1cccc(NC(C)=O)c1)NCC1Cc2ccccc2O1. The maximum absolute atomic E-state index is 11.2. The van der Waals surface area contributed by atoms with Gasteiger partial charge in [-0.15, -0.1) is 0 Å². The third-order valence-corrected chi connectivity index (χ3v) is 4.22. The molecule has 3 rings (SSSR count). The number of hydrogen-bond acceptors (Lipinski definition) is 3. The van der Waals surface area contributed by atoms with E-state index in [1.807, 2.05) is 49.4 Å². The predicted molar refractivity (Wildman–Crippen MR) is 108 cm³/mol. The average molecular weight is 366 g/mol. The minimum absolute atomic E-state index is 0.0804. The minimum Gasteiger partial charge on any atom is -0.488 e. The van der Waals surface area contributed by atoms with Gasteiger partial charge in [-0.3, -0.25) is 4.79 Å². The molecule has 6 nitrogen and oxygen atoms in total. The van der Waals surface area contributed by atoms with Gasteiger partial charge in [0.2, 0.25) is 5.91 Å². The van der Waals surface area contributed by atoms with E-state index in [2.05, 4.69) is 27.0 Å². The van der Waals surface area contributed by atoms with Crippen LogP contribution in [0.1, 0.15) is 25.0 Å². The molecule has 1 heterocycles. The van der Waals surface area contributed by atoms with Crippen molar-refractivity contribution in [2.75, 3.05) is 18.4 Å². The van der Waals surface area contributed by atoms with E-state index in [0.717, 1.165) is 35.9 Å². The highest BCUT2D eigenvalue weighted by Gasteiger charge is 2.22. The van der Waals surface area contributed by atoms with Crippen LogP contribution in [0, 0.1) is 0 Å². The number of rotatable bonds is 6. The Bertz CT molecular complexity index is 794. The lowest BCUT2D eigenvalue weighted by Gasteiger charge is -2.15. The summed E-state index contributed by atoms with van der Waals surface area (Å²) in [6.07, 6.45) is 1.01. The van der Waals surface area contributed by atoms with Gasteiger partial charge in [0.15, 0.2) is 5.96 Å². The van der Waals surface area contributed by atoms with Gasteiger partial charge in [-0.25, -0.2) is 4.99 Å². The Balaban J connectivity index is 1.56. The molecule has 0 aliphatic carbocycles.